The number of carbonyl (C=O) groups excluding carboxylic acids is 1. The van der Waals surface area contributed by atoms with Gasteiger partial charge in [-0.05, 0) is 72.9 Å². The van der Waals surface area contributed by atoms with E-state index >= 15 is 0 Å². The van der Waals surface area contributed by atoms with Crippen molar-refractivity contribution in [2.24, 2.45) is 0 Å². The molecule has 0 bridgehead atoms. The number of hydrogen-bond acceptors (Lipinski definition) is 3. The van der Waals surface area contributed by atoms with Gasteiger partial charge in [0.2, 0.25) is 0 Å². The number of halogens is 1. The fraction of sp³-hybridized carbons (Fsp3) is 0.200. The second-order valence-corrected chi connectivity index (χ2v) is 7.68. The molecule has 5 heteroatoms. The summed E-state index contributed by atoms with van der Waals surface area (Å²) in [5.74, 6) is -0.295. The molecule has 1 fully saturated rings. The van der Waals surface area contributed by atoms with E-state index in [1.54, 1.807) is 12.1 Å². The van der Waals surface area contributed by atoms with Crippen LogP contribution in [-0.2, 0) is 16.9 Å². The van der Waals surface area contributed by atoms with Gasteiger partial charge in [-0.2, -0.15) is 0 Å². The van der Waals surface area contributed by atoms with Crippen LogP contribution >= 0.6 is 0 Å². The van der Waals surface area contributed by atoms with Crippen molar-refractivity contribution < 1.29 is 13.9 Å². The largest absolute Gasteiger partial charge is 0.445 e. The topological polar surface area (TPSA) is 51.2 Å². The molecular formula is C25H23FN2O2. The van der Waals surface area contributed by atoms with Crippen molar-refractivity contribution in [2.45, 2.75) is 31.9 Å². The number of aromatic nitrogens is 1. The van der Waals surface area contributed by atoms with Crippen LogP contribution in [0.2, 0.25) is 0 Å². The van der Waals surface area contributed by atoms with Gasteiger partial charge in [-0.25, -0.2) is 14.2 Å². The fourth-order valence-corrected chi connectivity index (χ4v) is 3.36. The van der Waals surface area contributed by atoms with E-state index in [9.17, 15) is 9.18 Å². The monoisotopic (exact) mass is 402 g/mol. The molecule has 0 atom stereocenters. The Labute approximate surface area is 175 Å². The number of rotatable bonds is 6. The van der Waals surface area contributed by atoms with Crippen LogP contribution in [0.15, 0.2) is 73.3 Å². The predicted molar refractivity (Wildman–Crippen MR) is 115 cm³/mol. The molecule has 0 aliphatic heterocycles. The van der Waals surface area contributed by atoms with E-state index in [4.69, 9.17) is 4.74 Å². The van der Waals surface area contributed by atoms with E-state index in [1.165, 1.54) is 12.1 Å². The van der Waals surface area contributed by atoms with Crippen LogP contribution in [-0.4, -0.2) is 11.1 Å². The summed E-state index contributed by atoms with van der Waals surface area (Å²) in [4.78, 5) is 17.1. The summed E-state index contributed by atoms with van der Waals surface area (Å²) < 4.78 is 18.7. The number of ether oxygens (including phenoxy) is 1. The molecule has 1 N–H and O–H groups in total. The normalized spacial score (nSPS) is 14.1. The highest BCUT2D eigenvalue weighted by Gasteiger charge is 2.46. The lowest BCUT2D eigenvalue weighted by Gasteiger charge is -2.20. The summed E-state index contributed by atoms with van der Waals surface area (Å²) in [6.07, 6.45) is 1.18. The molecule has 1 aliphatic carbocycles. The summed E-state index contributed by atoms with van der Waals surface area (Å²) >= 11 is 0. The summed E-state index contributed by atoms with van der Waals surface area (Å²) in [5, 5.41) is 3.03. The minimum absolute atomic E-state index is 0.219. The van der Waals surface area contributed by atoms with Gasteiger partial charge in [0.15, 0.2) is 0 Å². The highest BCUT2D eigenvalue weighted by atomic mass is 19.1. The molecule has 1 heterocycles. The van der Waals surface area contributed by atoms with Crippen molar-refractivity contribution in [3.63, 3.8) is 0 Å². The smallest absolute Gasteiger partial charge is 0.408 e. The second kappa shape index (κ2) is 8.11. The lowest BCUT2D eigenvalue weighted by molar-refractivity contribution is 0.134. The summed E-state index contributed by atoms with van der Waals surface area (Å²) in [5.41, 5.74) is 4.51. The van der Waals surface area contributed by atoms with Crippen LogP contribution < -0.4 is 5.32 Å². The minimum Gasteiger partial charge on any atom is -0.445 e. The van der Waals surface area contributed by atoms with Gasteiger partial charge in [-0.3, -0.25) is 0 Å². The average Bonchev–Trinajstić information content (AvgIpc) is 3.54. The quantitative estimate of drug-likeness (QED) is 0.564. The first-order chi connectivity index (χ1) is 14.4. The van der Waals surface area contributed by atoms with Gasteiger partial charge in [-0.1, -0.05) is 36.9 Å². The fourth-order valence-electron chi connectivity index (χ4n) is 3.36. The molecule has 30 heavy (non-hydrogen) atoms. The predicted octanol–water partition coefficient (Wildman–Crippen LogP) is 5.84. The molecule has 1 aliphatic rings. The zero-order valence-electron chi connectivity index (χ0n) is 16.8. The standard InChI is InChI=1S/C25H23FN2O2/c1-17(2)22-14-20(15-23(27-22)19-8-10-21(26)11-9-19)25(12-13-25)28-24(29)30-16-18-6-4-3-5-7-18/h3-11,14-15H,1,12-13,16H2,2H3,(H,28,29). The second-order valence-electron chi connectivity index (χ2n) is 7.68. The van der Waals surface area contributed by atoms with Crippen LogP contribution in [0.1, 0.15) is 36.6 Å². The number of pyridine rings is 1. The molecule has 1 saturated carbocycles. The van der Waals surface area contributed by atoms with Gasteiger partial charge in [0, 0.05) is 5.56 Å². The van der Waals surface area contributed by atoms with Gasteiger partial charge >= 0.3 is 6.09 Å². The van der Waals surface area contributed by atoms with Gasteiger partial charge in [-0.15, -0.1) is 0 Å². The van der Waals surface area contributed by atoms with Gasteiger partial charge in [0.05, 0.1) is 16.9 Å². The number of benzene rings is 2. The Balaban J connectivity index is 1.56. The number of carbonyl (C=O) groups is 1. The Morgan fingerprint density at radius 1 is 1.13 bits per heavy atom. The number of hydrogen-bond donors (Lipinski definition) is 1. The molecule has 2 aromatic carbocycles. The maximum Gasteiger partial charge on any atom is 0.408 e. The Bertz CT molecular complexity index is 1070. The van der Waals surface area contributed by atoms with E-state index in [0.717, 1.165) is 46.5 Å². The number of nitrogens with zero attached hydrogens (tertiary/aromatic N) is 1. The average molecular weight is 402 g/mol. The molecule has 0 unspecified atom stereocenters. The van der Waals surface area contributed by atoms with Crippen LogP contribution in [0.5, 0.6) is 0 Å². The Morgan fingerprint density at radius 2 is 1.83 bits per heavy atom. The highest BCUT2D eigenvalue weighted by molar-refractivity contribution is 5.71. The zero-order valence-corrected chi connectivity index (χ0v) is 16.8. The van der Waals surface area contributed by atoms with Crippen LogP contribution in [0.4, 0.5) is 9.18 Å². The zero-order chi connectivity index (χ0) is 21.1. The first-order valence-corrected chi connectivity index (χ1v) is 9.88. The van der Waals surface area contributed by atoms with Gasteiger partial charge < -0.3 is 10.1 Å². The first kappa shape index (κ1) is 19.8. The number of allylic oxidation sites excluding steroid dienone is 1. The molecule has 152 valence electrons. The van der Waals surface area contributed by atoms with E-state index in [-0.39, 0.29) is 12.4 Å². The third kappa shape index (κ3) is 4.40. The molecule has 1 aromatic heterocycles. The maximum atomic E-state index is 13.3. The van der Waals surface area contributed by atoms with Crippen LogP contribution in [0.25, 0.3) is 16.8 Å². The van der Waals surface area contributed by atoms with Crippen LogP contribution in [0.3, 0.4) is 0 Å². The first-order valence-electron chi connectivity index (χ1n) is 9.88. The molecule has 0 saturated heterocycles. The lowest BCUT2D eigenvalue weighted by Crippen LogP contribution is -2.35. The van der Waals surface area contributed by atoms with Crippen molar-refractivity contribution in [3.8, 4) is 11.3 Å². The number of amides is 1. The van der Waals surface area contributed by atoms with E-state index in [2.05, 4.69) is 16.9 Å². The van der Waals surface area contributed by atoms with Crippen molar-refractivity contribution in [3.05, 3.63) is 95.9 Å². The Kier molecular flexibility index (Phi) is 5.36. The summed E-state index contributed by atoms with van der Waals surface area (Å²) in [6, 6.07) is 19.7. The molecule has 1 amide bonds. The Hall–Kier alpha value is -3.47. The van der Waals surface area contributed by atoms with Gasteiger partial charge in [0.1, 0.15) is 12.4 Å². The van der Waals surface area contributed by atoms with E-state index in [1.807, 2.05) is 49.4 Å². The van der Waals surface area contributed by atoms with Crippen molar-refractivity contribution in [1.82, 2.24) is 10.3 Å². The molecule has 4 nitrogen and oxygen atoms in total. The number of alkyl carbamates (subject to hydrolysis) is 1. The van der Waals surface area contributed by atoms with Gasteiger partial charge in [0.25, 0.3) is 0 Å². The Morgan fingerprint density at radius 3 is 2.47 bits per heavy atom. The SMILES string of the molecule is C=C(C)c1cc(C2(NC(=O)OCc3ccccc3)CC2)cc(-c2ccc(F)cc2)n1. The molecule has 4 rings (SSSR count). The minimum atomic E-state index is -0.476. The molecule has 3 aromatic rings. The van der Waals surface area contributed by atoms with Crippen LogP contribution in [0, 0.1) is 5.82 Å². The summed E-state index contributed by atoms with van der Waals surface area (Å²) in [7, 11) is 0. The van der Waals surface area contributed by atoms with E-state index < -0.39 is 11.6 Å². The third-order valence-electron chi connectivity index (χ3n) is 5.26. The number of nitrogens with one attached hydrogen (secondary N) is 1. The van der Waals surface area contributed by atoms with Crippen molar-refractivity contribution in [1.29, 1.82) is 0 Å². The molecule has 0 radical (unpaired) electrons. The van der Waals surface area contributed by atoms with Crippen molar-refractivity contribution >= 4 is 11.7 Å². The van der Waals surface area contributed by atoms with E-state index in [0.29, 0.717) is 0 Å². The molecular weight excluding hydrogens is 379 g/mol. The highest BCUT2D eigenvalue weighted by Crippen LogP contribution is 2.46. The van der Waals surface area contributed by atoms with Crippen molar-refractivity contribution in [2.75, 3.05) is 0 Å². The molecule has 0 spiro atoms. The lowest BCUT2D eigenvalue weighted by atomic mass is 9.99. The summed E-state index contributed by atoms with van der Waals surface area (Å²) in [6.45, 7) is 6.12. The third-order valence-corrected chi connectivity index (χ3v) is 5.26. The maximum absolute atomic E-state index is 13.3.